The van der Waals surface area contributed by atoms with Crippen LogP contribution in [0.3, 0.4) is 0 Å². The van der Waals surface area contributed by atoms with Crippen molar-refractivity contribution in [3.8, 4) is 0 Å². The first kappa shape index (κ1) is 17.6. The number of halogens is 2. The van der Waals surface area contributed by atoms with Crippen molar-refractivity contribution in [3.63, 3.8) is 0 Å². The third-order valence-corrected chi connectivity index (χ3v) is 3.82. The maximum absolute atomic E-state index is 11.8. The van der Waals surface area contributed by atoms with Crippen LogP contribution in [0.5, 0.6) is 0 Å². The Morgan fingerprint density at radius 1 is 1.44 bits per heavy atom. The minimum atomic E-state index is 0. The molecule has 0 aromatic heterocycles. The molecule has 0 fully saturated rings. The Kier molecular flexibility index (Phi) is 8.44. The van der Waals surface area contributed by atoms with Gasteiger partial charge in [-0.15, -0.1) is 24.2 Å². The molecule has 1 aromatic rings. The minimum absolute atomic E-state index is 0. The third kappa shape index (κ3) is 5.48. The molecule has 102 valence electrons. The number of hydrogen-bond donors (Lipinski definition) is 1. The zero-order valence-electron chi connectivity index (χ0n) is 10.4. The van der Waals surface area contributed by atoms with Gasteiger partial charge in [-0.05, 0) is 31.2 Å². The Bertz CT molecular complexity index is 373. The van der Waals surface area contributed by atoms with Crippen LogP contribution >= 0.6 is 35.8 Å². The molecule has 18 heavy (non-hydrogen) atoms. The van der Waals surface area contributed by atoms with Gasteiger partial charge in [-0.2, -0.15) is 0 Å². The fourth-order valence-electron chi connectivity index (χ4n) is 1.18. The van der Waals surface area contributed by atoms with E-state index in [9.17, 15) is 4.79 Å². The second-order valence-corrected chi connectivity index (χ2v) is 5.32. The fourth-order valence-corrected chi connectivity index (χ4v) is 2.13. The van der Waals surface area contributed by atoms with Crippen molar-refractivity contribution in [2.24, 2.45) is 5.73 Å². The number of hydrogen-bond acceptors (Lipinski definition) is 3. The van der Waals surface area contributed by atoms with Crippen molar-refractivity contribution in [1.29, 1.82) is 0 Å². The number of likely N-dealkylation sites (N-methyl/N-ethyl adjacent to an activating group) is 1. The molecule has 2 N–H and O–H groups in total. The molecule has 0 heterocycles. The van der Waals surface area contributed by atoms with Gasteiger partial charge in [0.2, 0.25) is 5.91 Å². The van der Waals surface area contributed by atoms with Gasteiger partial charge in [0.15, 0.2) is 0 Å². The number of nitrogens with zero attached hydrogens (tertiary/aromatic N) is 1. The monoisotopic (exact) mass is 308 g/mol. The molecule has 0 bridgehead atoms. The Hall–Kier alpha value is -0.420. The van der Waals surface area contributed by atoms with Crippen molar-refractivity contribution in [2.45, 2.75) is 17.9 Å². The first-order valence-corrected chi connectivity index (χ1v) is 6.75. The van der Waals surface area contributed by atoms with Crippen LogP contribution in [0.15, 0.2) is 29.2 Å². The molecule has 0 saturated heterocycles. The van der Waals surface area contributed by atoms with Crippen molar-refractivity contribution in [1.82, 2.24) is 4.90 Å². The smallest absolute Gasteiger partial charge is 0.232 e. The maximum Gasteiger partial charge on any atom is 0.232 e. The lowest BCUT2D eigenvalue weighted by atomic mass is 10.3. The summed E-state index contributed by atoms with van der Waals surface area (Å²) in [6, 6.07) is 7.54. The number of carbonyl (C=O) groups is 1. The van der Waals surface area contributed by atoms with E-state index in [-0.39, 0.29) is 24.4 Å². The molecular formula is C12H18Cl2N2OS. The highest BCUT2D eigenvalue weighted by atomic mass is 35.5. The summed E-state index contributed by atoms with van der Waals surface area (Å²) < 4.78 is 0. The first-order valence-electron chi connectivity index (χ1n) is 5.38. The van der Waals surface area contributed by atoms with Gasteiger partial charge in [0.05, 0.1) is 5.75 Å². The quantitative estimate of drug-likeness (QED) is 0.851. The number of thioether (sulfide) groups is 1. The van der Waals surface area contributed by atoms with E-state index < -0.39 is 0 Å². The van der Waals surface area contributed by atoms with Crippen LogP contribution in [0.1, 0.15) is 6.92 Å². The average molecular weight is 309 g/mol. The lowest BCUT2D eigenvalue weighted by molar-refractivity contribution is -0.128. The largest absolute Gasteiger partial charge is 0.341 e. The zero-order valence-corrected chi connectivity index (χ0v) is 12.8. The van der Waals surface area contributed by atoms with Crippen LogP contribution in [-0.2, 0) is 4.79 Å². The number of nitrogens with two attached hydrogens (primary N) is 1. The van der Waals surface area contributed by atoms with Gasteiger partial charge < -0.3 is 10.6 Å². The van der Waals surface area contributed by atoms with E-state index in [0.717, 1.165) is 4.90 Å². The average Bonchev–Trinajstić information content (AvgIpc) is 2.35. The summed E-state index contributed by atoms with van der Waals surface area (Å²) >= 11 is 7.29. The van der Waals surface area contributed by atoms with E-state index in [2.05, 4.69) is 0 Å². The second-order valence-electron chi connectivity index (χ2n) is 3.83. The van der Waals surface area contributed by atoms with Crippen molar-refractivity contribution >= 4 is 41.7 Å². The highest BCUT2D eigenvalue weighted by Crippen LogP contribution is 2.20. The molecule has 0 saturated carbocycles. The van der Waals surface area contributed by atoms with Crippen LogP contribution < -0.4 is 5.73 Å². The normalized spacial score (nSPS) is 11.6. The first-order chi connectivity index (χ1) is 8.04. The van der Waals surface area contributed by atoms with E-state index in [0.29, 0.717) is 17.3 Å². The van der Waals surface area contributed by atoms with Gasteiger partial charge in [0, 0.05) is 29.6 Å². The molecule has 0 aliphatic carbocycles. The van der Waals surface area contributed by atoms with Crippen LogP contribution in [0.4, 0.5) is 0 Å². The summed E-state index contributed by atoms with van der Waals surface area (Å²) in [5, 5.41) is 0.703. The highest BCUT2D eigenvalue weighted by molar-refractivity contribution is 8.00. The number of benzene rings is 1. The summed E-state index contributed by atoms with van der Waals surface area (Å²) in [6.07, 6.45) is 0. The molecule has 0 radical (unpaired) electrons. The van der Waals surface area contributed by atoms with Crippen LogP contribution in [0.25, 0.3) is 0 Å². The van der Waals surface area contributed by atoms with Crippen LogP contribution in [0.2, 0.25) is 5.02 Å². The van der Waals surface area contributed by atoms with Gasteiger partial charge in [-0.3, -0.25) is 4.79 Å². The van der Waals surface area contributed by atoms with Gasteiger partial charge in [-0.25, -0.2) is 0 Å². The molecule has 0 aliphatic heterocycles. The lowest BCUT2D eigenvalue weighted by Crippen LogP contribution is -2.40. The Labute approximate surface area is 123 Å². The minimum Gasteiger partial charge on any atom is -0.341 e. The SMILES string of the molecule is CC(CN)N(C)C(=O)CSc1ccc(Cl)cc1.Cl. The molecule has 1 amide bonds. The van der Waals surface area contributed by atoms with Gasteiger partial charge >= 0.3 is 0 Å². The van der Waals surface area contributed by atoms with Gasteiger partial charge in [0.25, 0.3) is 0 Å². The fraction of sp³-hybridized carbons (Fsp3) is 0.417. The van der Waals surface area contributed by atoms with E-state index in [1.54, 1.807) is 11.9 Å². The predicted octanol–water partition coefficient (Wildman–Crippen LogP) is 2.66. The number of rotatable bonds is 5. The third-order valence-electron chi connectivity index (χ3n) is 2.57. The lowest BCUT2D eigenvalue weighted by Gasteiger charge is -2.23. The molecule has 6 heteroatoms. The Morgan fingerprint density at radius 3 is 2.50 bits per heavy atom. The predicted molar refractivity (Wildman–Crippen MR) is 80.7 cm³/mol. The van der Waals surface area contributed by atoms with Crippen molar-refractivity contribution in [3.05, 3.63) is 29.3 Å². The Balaban J connectivity index is 0.00000289. The number of carbonyl (C=O) groups excluding carboxylic acids is 1. The van der Waals surface area contributed by atoms with E-state index in [1.807, 2.05) is 31.2 Å². The molecule has 1 unspecified atom stereocenters. The molecular weight excluding hydrogens is 291 g/mol. The summed E-state index contributed by atoms with van der Waals surface area (Å²) in [6.45, 7) is 2.42. The van der Waals surface area contributed by atoms with E-state index in [4.69, 9.17) is 17.3 Å². The van der Waals surface area contributed by atoms with Crippen LogP contribution in [0, 0.1) is 0 Å². The summed E-state index contributed by atoms with van der Waals surface area (Å²) in [4.78, 5) is 14.5. The number of amides is 1. The molecule has 1 atom stereocenters. The highest BCUT2D eigenvalue weighted by Gasteiger charge is 2.14. The molecule has 1 aromatic carbocycles. The summed E-state index contributed by atoms with van der Waals surface area (Å²) in [5.41, 5.74) is 5.52. The van der Waals surface area contributed by atoms with E-state index >= 15 is 0 Å². The topological polar surface area (TPSA) is 46.3 Å². The Morgan fingerprint density at radius 2 is 2.00 bits per heavy atom. The second kappa shape index (κ2) is 8.64. The van der Waals surface area contributed by atoms with Crippen LogP contribution in [-0.4, -0.2) is 36.2 Å². The van der Waals surface area contributed by atoms with Gasteiger partial charge in [-0.1, -0.05) is 11.6 Å². The van der Waals surface area contributed by atoms with Gasteiger partial charge in [0.1, 0.15) is 0 Å². The summed E-state index contributed by atoms with van der Waals surface area (Å²) in [5.74, 6) is 0.505. The van der Waals surface area contributed by atoms with E-state index in [1.165, 1.54) is 11.8 Å². The van der Waals surface area contributed by atoms with Crippen molar-refractivity contribution < 1.29 is 4.79 Å². The summed E-state index contributed by atoms with van der Waals surface area (Å²) in [7, 11) is 1.78. The van der Waals surface area contributed by atoms with Crippen molar-refractivity contribution in [2.75, 3.05) is 19.3 Å². The standard InChI is InChI=1S/C12H17ClN2OS.ClH/c1-9(7-14)15(2)12(16)8-17-11-5-3-10(13)4-6-11;/h3-6,9H,7-8,14H2,1-2H3;1H. The molecule has 1 rings (SSSR count). The maximum atomic E-state index is 11.8. The zero-order chi connectivity index (χ0) is 12.8. The molecule has 3 nitrogen and oxygen atoms in total. The molecule has 0 aliphatic rings. The molecule has 0 spiro atoms.